The summed E-state index contributed by atoms with van der Waals surface area (Å²) in [6.45, 7) is 0. The van der Waals surface area contributed by atoms with Crippen molar-refractivity contribution >= 4 is 21.4 Å². The number of alkyl halides is 1. The molecule has 2 aliphatic rings. The van der Waals surface area contributed by atoms with Crippen molar-refractivity contribution < 1.29 is 8.42 Å². The smallest absolute Gasteiger partial charge is 0.167 e. The molecule has 0 spiro atoms. The Bertz CT molecular complexity index is 260. The summed E-state index contributed by atoms with van der Waals surface area (Å²) in [7, 11) is -2.93. The maximum Gasteiger partial charge on any atom is 0.167 e. The number of hydrogen-bond acceptors (Lipinski definition) is 2. The van der Waals surface area contributed by atoms with Gasteiger partial charge in [-0.1, -0.05) is 0 Å². The van der Waals surface area contributed by atoms with Crippen LogP contribution in [-0.4, -0.2) is 18.9 Å². The molecule has 1 saturated carbocycles. The summed E-state index contributed by atoms with van der Waals surface area (Å²) < 4.78 is 21.9. The van der Waals surface area contributed by atoms with Crippen LogP contribution in [0.25, 0.3) is 0 Å². The fourth-order valence-electron chi connectivity index (χ4n) is 1.78. The van der Waals surface area contributed by atoms with E-state index in [-0.39, 0.29) is 0 Å². The van der Waals surface area contributed by atoms with Gasteiger partial charge in [-0.25, -0.2) is 8.42 Å². The number of rotatable bonds is 0. The maximum atomic E-state index is 11.2. The van der Waals surface area contributed by atoms with E-state index in [1.807, 2.05) is 0 Å². The Hall–Kier alpha value is 0.240. The predicted molar refractivity (Wildman–Crippen MR) is 44.3 cm³/mol. The highest BCUT2D eigenvalue weighted by atomic mass is 35.5. The molecule has 1 heterocycles. The summed E-state index contributed by atoms with van der Waals surface area (Å²) >= 11 is 5.75. The van der Waals surface area contributed by atoms with E-state index in [4.69, 9.17) is 11.6 Å². The average Bonchev–Trinajstić information content (AvgIpc) is 2.62. The average molecular weight is 195 g/mol. The lowest BCUT2D eigenvalue weighted by molar-refractivity contribution is 0.588. The Labute approximate surface area is 71.8 Å². The molecule has 0 N–H and O–H groups in total. The minimum atomic E-state index is -2.93. The summed E-state index contributed by atoms with van der Waals surface area (Å²) in [4.78, 5) is 0. The summed E-state index contributed by atoms with van der Waals surface area (Å²) in [5, 5.41) is 0. The Morgan fingerprint density at radius 3 is 2.64 bits per heavy atom. The van der Waals surface area contributed by atoms with Gasteiger partial charge in [-0.2, -0.15) is 0 Å². The van der Waals surface area contributed by atoms with Crippen LogP contribution < -0.4 is 0 Å². The molecule has 0 aromatic heterocycles. The van der Waals surface area contributed by atoms with Crippen molar-refractivity contribution in [3.05, 3.63) is 0 Å². The van der Waals surface area contributed by atoms with E-state index < -0.39 is 14.5 Å². The molecule has 2 rings (SSSR count). The highest BCUT2D eigenvalue weighted by Crippen LogP contribution is 2.48. The zero-order valence-corrected chi connectivity index (χ0v) is 7.74. The van der Waals surface area contributed by atoms with Crippen LogP contribution in [-0.2, 0) is 9.84 Å². The largest absolute Gasteiger partial charge is 0.227 e. The molecule has 0 aromatic rings. The lowest BCUT2D eigenvalue weighted by Gasteiger charge is -2.05. The third kappa shape index (κ3) is 1.41. The summed E-state index contributed by atoms with van der Waals surface area (Å²) in [6.07, 6.45) is 2.74. The lowest BCUT2D eigenvalue weighted by Crippen LogP contribution is -2.17. The molecule has 0 radical (unpaired) electrons. The van der Waals surface area contributed by atoms with Crippen molar-refractivity contribution in [1.29, 1.82) is 0 Å². The van der Waals surface area contributed by atoms with Gasteiger partial charge in [-0.15, -0.1) is 11.6 Å². The lowest BCUT2D eigenvalue weighted by atomic mass is 10.2. The Morgan fingerprint density at radius 1 is 1.18 bits per heavy atom. The molecule has 2 nitrogen and oxygen atoms in total. The highest BCUT2D eigenvalue weighted by molar-refractivity contribution is 7.93. The standard InChI is InChI=1S/C7H11ClO2S/c8-7-4-6-3-5(6)1-2-11(7,9)10/h5-7H,1-4H2. The fraction of sp³-hybridized carbons (Fsp3) is 1.00. The molecule has 2 fully saturated rings. The molecule has 1 saturated heterocycles. The molecule has 1 aliphatic heterocycles. The normalized spacial score (nSPS) is 47.5. The van der Waals surface area contributed by atoms with Crippen LogP contribution in [0.2, 0.25) is 0 Å². The van der Waals surface area contributed by atoms with Gasteiger partial charge in [0.15, 0.2) is 9.84 Å². The van der Waals surface area contributed by atoms with Crippen LogP contribution >= 0.6 is 11.6 Å². The Balaban J connectivity index is 2.17. The van der Waals surface area contributed by atoms with Crippen molar-refractivity contribution in [2.24, 2.45) is 11.8 Å². The Kier molecular flexibility index (Phi) is 1.69. The molecular weight excluding hydrogens is 184 g/mol. The van der Waals surface area contributed by atoms with Gasteiger partial charge in [0.05, 0.1) is 5.75 Å². The van der Waals surface area contributed by atoms with Crippen LogP contribution in [0, 0.1) is 11.8 Å². The van der Waals surface area contributed by atoms with E-state index in [2.05, 4.69) is 0 Å². The van der Waals surface area contributed by atoms with E-state index in [1.54, 1.807) is 0 Å². The quantitative estimate of drug-likeness (QED) is 0.547. The number of fused-ring (bicyclic) bond motifs is 1. The van der Waals surface area contributed by atoms with Gasteiger partial charge in [0.25, 0.3) is 0 Å². The number of sulfone groups is 1. The minimum absolute atomic E-state index is 0.308. The van der Waals surface area contributed by atoms with E-state index in [0.29, 0.717) is 24.0 Å². The van der Waals surface area contributed by atoms with E-state index in [9.17, 15) is 8.42 Å². The van der Waals surface area contributed by atoms with Crippen molar-refractivity contribution in [3.8, 4) is 0 Å². The van der Waals surface area contributed by atoms with Gasteiger partial charge in [0, 0.05) is 0 Å². The first-order valence-electron chi connectivity index (χ1n) is 3.95. The zero-order chi connectivity index (χ0) is 8.06. The molecule has 0 bridgehead atoms. The van der Waals surface area contributed by atoms with Gasteiger partial charge in [-0.3, -0.25) is 0 Å². The third-order valence-corrected chi connectivity index (χ3v) is 5.49. The van der Waals surface area contributed by atoms with Crippen molar-refractivity contribution in [3.63, 3.8) is 0 Å². The van der Waals surface area contributed by atoms with Gasteiger partial charge in [-0.05, 0) is 31.1 Å². The van der Waals surface area contributed by atoms with Crippen LogP contribution in [0.15, 0.2) is 0 Å². The van der Waals surface area contributed by atoms with Crippen LogP contribution in [0.3, 0.4) is 0 Å². The first-order valence-corrected chi connectivity index (χ1v) is 6.10. The van der Waals surface area contributed by atoms with E-state index in [1.165, 1.54) is 6.42 Å². The van der Waals surface area contributed by atoms with Crippen LogP contribution in [0.4, 0.5) is 0 Å². The molecular formula is C7H11ClO2S. The van der Waals surface area contributed by atoms with Gasteiger partial charge < -0.3 is 0 Å². The van der Waals surface area contributed by atoms with Gasteiger partial charge >= 0.3 is 0 Å². The topological polar surface area (TPSA) is 34.1 Å². The summed E-state index contributed by atoms with van der Waals surface area (Å²) in [5.74, 6) is 1.60. The number of hydrogen-bond donors (Lipinski definition) is 0. The highest BCUT2D eigenvalue weighted by Gasteiger charge is 2.44. The molecule has 0 amide bonds. The molecule has 11 heavy (non-hydrogen) atoms. The van der Waals surface area contributed by atoms with Crippen LogP contribution in [0.5, 0.6) is 0 Å². The molecule has 3 unspecified atom stereocenters. The SMILES string of the molecule is O=S1(=O)CCC2CC2CC1Cl. The fourth-order valence-corrected chi connectivity index (χ4v) is 3.70. The van der Waals surface area contributed by atoms with Crippen LogP contribution in [0.1, 0.15) is 19.3 Å². The Morgan fingerprint density at radius 2 is 1.91 bits per heavy atom. The first kappa shape index (κ1) is 7.87. The first-order chi connectivity index (χ1) is 5.09. The molecule has 4 heteroatoms. The third-order valence-electron chi connectivity index (χ3n) is 2.72. The van der Waals surface area contributed by atoms with Crippen molar-refractivity contribution in [2.75, 3.05) is 5.75 Å². The predicted octanol–water partition coefficient (Wildman–Crippen LogP) is 1.40. The minimum Gasteiger partial charge on any atom is -0.227 e. The van der Waals surface area contributed by atoms with Gasteiger partial charge in [0.1, 0.15) is 4.71 Å². The van der Waals surface area contributed by atoms with E-state index in [0.717, 1.165) is 6.42 Å². The maximum absolute atomic E-state index is 11.2. The van der Waals surface area contributed by atoms with Gasteiger partial charge in [0.2, 0.25) is 0 Å². The van der Waals surface area contributed by atoms with Crippen molar-refractivity contribution in [2.45, 2.75) is 24.0 Å². The molecule has 0 aromatic carbocycles. The summed E-state index contributed by atoms with van der Waals surface area (Å²) in [5.41, 5.74) is 0. The second-order valence-corrected chi connectivity index (χ2v) is 6.65. The molecule has 3 atom stereocenters. The second kappa shape index (κ2) is 2.36. The molecule has 64 valence electrons. The molecule has 1 aliphatic carbocycles. The van der Waals surface area contributed by atoms with E-state index >= 15 is 0 Å². The van der Waals surface area contributed by atoms with Crippen molar-refractivity contribution in [1.82, 2.24) is 0 Å². The number of halogens is 1. The zero-order valence-electron chi connectivity index (χ0n) is 6.16. The monoisotopic (exact) mass is 194 g/mol. The second-order valence-electron chi connectivity index (χ2n) is 3.56. The summed E-state index contributed by atoms with van der Waals surface area (Å²) in [6, 6.07) is 0.